The SMILES string of the molecule is Clc1cc(Cl)c(NC2CC3CC=CC32)c(Cl)c1. The highest BCUT2D eigenvalue weighted by Gasteiger charge is 2.41. The van der Waals surface area contributed by atoms with Crippen LogP contribution in [0.25, 0.3) is 0 Å². The minimum Gasteiger partial charge on any atom is -0.379 e. The summed E-state index contributed by atoms with van der Waals surface area (Å²) in [5, 5.41) is 5.19. The summed E-state index contributed by atoms with van der Waals surface area (Å²) in [5.74, 6) is 1.45. The van der Waals surface area contributed by atoms with Crippen molar-refractivity contribution in [2.45, 2.75) is 18.9 Å². The average molecular weight is 289 g/mol. The number of hydrogen-bond acceptors (Lipinski definition) is 1. The Balaban J connectivity index is 1.79. The van der Waals surface area contributed by atoms with Gasteiger partial charge in [0.25, 0.3) is 0 Å². The molecule has 0 bridgehead atoms. The Bertz CT molecular complexity index is 461. The lowest BCUT2D eigenvalue weighted by Gasteiger charge is -2.41. The summed E-state index contributed by atoms with van der Waals surface area (Å²) in [5.41, 5.74) is 0.807. The highest BCUT2D eigenvalue weighted by atomic mass is 35.5. The molecule has 1 aromatic carbocycles. The molecule has 90 valence electrons. The van der Waals surface area contributed by atoms with E-state index in [0.717, 1.165) is 11.6 Å². The third-order valence-corrected chi connectivity index (χ3v) is 4.51. The number of allylic oxidation sites excluding steroid dienone is 1. The molecule has 0 heterocycles. The van der Waals surface area contributed by atoms with Crippen molar-refractivity contribution in [3.05, 3.63) is 39.4 Å². The van der Waals surface area contributed by atoms with Gasteiger partial charge in [0.2, 0.25) is 0 Å². The minimum absolute atomic E-state index is 0.454. The Morgan fingerprint density at radius 2 is 1.82 bits per heavy atom. The van der Waals surface area contributed by atoms with Gasteiger partial charge >= 0.3 is 0 Å². The van der Waals surface area contributed by atoms with Gasteiger partial charge in [-0.15, -0.1) is 0 Å². The molecule has 1 N–H and O–H groups in total. The summed E-state index contributed by atoms with van der Waals surface area (Å²) in [6.07, 6.45) is 6.96. The van der Waals surface area contributed by atoms with Crippen molar-refractivity contribution < 1.29 is 0 Å². The molecule has 3 atom stereocenters. The second-order valence-electron chi connectivity index (χ2n) is 4.73. The summed E-state index contributed by atoms with van der Waals surface area (Å²) in [6, 6.07) is 3.89. The summed E-state index contributed by atoms with van der Waals surface area (Å²) in [4.78, 5) is 0. The van der Waals surface area contributed by atoms with E-state index in [2.05, 4.69) is 17.5 Å². The van der Waals surface area contributed by atoms with Gasteiger partial charge in [-0.1, -0.05) is 47.0 Å². The van der Waals surface area contributed by atoms with Gasteiger partial charge < -0.3 is 5.32 Å². The Morgan fingerprint density at radius 1 is 1.12 bits per heavy atom. The lowest BCUT2D eigenvalue weighted by atomic mass is 9.71. The zero-order valence-corrected chi connectivity index (χ0v) is 11.4. The number of rotatable bonds is 2. The van der Waals surface area contributed by atoms with Crippen LogP contribution in [0.3, 0.4) is 0 Å². The summed E-state index contributed by atoms with van der Waals surface area (Å²) >= 11 is 18.2. The van der Waals surface area contributed by atoms with Crippen molar-refractivity contribution in [1.29, 1.82) is 0 Å². The zero-order chi connectivity index (χ0) is 12.0. The Hall–Kier alpha value is -0.370. The Kier molecular flexibility index (Phi) is 3.02. The zero-order valence-electron chi connectivity index (χ0n) is 9.09. The van der Waals surface area contributed by atoms with Crippen LogP contribution < -0.4 is 5.32 Å². The third-order valence-electron chi connectivity index (χ3n) is 3.70. The second kappa shape index (κ2) is 4.38. The molecule has 0 aliphatic heterocycles. The van der Waals surface area contributed by atoms with Crippen molar-refractivity contribution in [2.75, 3.05) is 5.32 Å². The smallest absolute Gasteiger partial charge is 0.0722 e. The summed E-state index contributed by atoms with van der Waals surface area (Å²) in [6.45, 7) is 0. The van der Waals surface area contributed by atoms with Crippen LogP contribution >= 0.6 is 34.8 Å². The van der Waals surface area contributed by atoms with Gasteiger partial charge in [-0.25, -0.2) is 0 Å². The van der Waals surface area contributed by atoms with Gasteiger partial charge in [0.15, 0.2) is 0 Å². The Labute approximate surface area is 116 Å². The summed E-state index contributed by atoms with van der Waals surface area (Å²) < 4.78 is 0. The molecule has 0 spiro atoms. The fourth-order valence-electron chi connectivity index (χ4n) is 2.75. The van der Waals surface area contributed by atoms with E-state index in [0.29, 0.717) is 27.0 Å². The van der Waals surface area contributed by atoms with Gasteiger partial charge in [0.1, 0.15) is 0 Å². The molecule has 3 rings (SSSR count). The molecule has 2 aliphatic carbocycles. The highest BCUT2D eigenvalue weighted by Crippen LogP contribution is 2.45. The van der Waals surface area contributed by atoms with E-state index in [9.17, 15) is 0 Å². The number of anilines is 1. The maximum atomic E-state index is 6.15. The number of nitrogens with one attached hydrogen (secondary N) is 1. The van der Waals surface area contributed by atoms with Gasteiger partial charge in [0, 0.05) is 17.0 Å². The van der Waals surface area contributed by atoms with Gasteiger partial charge in [-0.3, -0.25) is 0 Å². The summed E-state index contributed by atoms with van der Waals surface area (Å²) in [7, 11) is 0. The van der Waals surface area contributed by atoms with E-state index >= 15 is 0 Å². The van der Waals surface area contributed by atoms with E-state index in [1.54, 1.807) is 12.1 Å². The molecule has 2 aliphatic rings. The molecular weight excluding hydrogens is 277 g/mol. The van der Waals surface area contributed by atoms with E-state index in [-0.39, 0.29) is 0 Å². The average Bonchev–Trinajstić information content (AvgIpc) is 2.58. The first-order chi connectivity index (χ1) is 8.15. The molecular formula is C13H12Cl3N. The maximum absolute atomic E-state index is 6.15. The first kappa shape index (κ1) is 11.7. The predicted octanol–water partition coefficient (Wildman–Crippen LogP) is 5.02. The quantitative estimate of drug-likeness (QED) is 0.753. The van der Waals surface area contributed by atoms with Gasteiger partial charge in [-0.05, 0) is 30.9 Å². The van der Waals surface area contributed by atoms with E-state index in [1.807, 2.05) is 0 Å². The van der Waals surface area contributed by atoms with Crippen LogP contribution in [0, 0.1) is 11.8 Å². The third kappa shape index (κ3) is 2.05. The topological polar surface area (TPSA) is 12.0 Å². The van der Waals surface area contributed by atoms with Crippen molar-refractivity contribution >= 4 is 40.5 Å². The fourth-order valence-corrected chi connectivity index (χ4v) is 3.67. The fraction of sp³-hybridized carbons (Fsp3) is 0.385. The molecule has 0 aromatic heterocycles. The van der Waals surface area contributed by atoms with Crippen LogP contribution in [0.15, 0.2) is 24.3 Å². The molecule has 1 aromatic rings. The molecule has 0 amide bonds. The first-order valence-electron chi connectivity index (χ1n) is 5.73. The Morgan fingerprint density at radius 3 is 2.47 bits per heavy atom. The van der Waals surface area contributed by atoms with Crippen LogP contribution in [0.5, 0.6) is 0 Å². The molecule has 17 heavy (non-hydrogen) atoms. The number of fused-ring (bicyclic) bond motifs is 1. The monoisotopic (exact) mass is 287 g/mol. The van der Waals surface area contributed by atoms with Crippen LogP contribution in [-0.2, 0) is 0 Å². The van der Waals surface area contributed by atoms with Crippen LogP contribution in [0.4, 0.5) is 5.69 Å². The van der Waals surface area contributed by atoms with E-state index in [4.69, 9.17) is 34.8 Å². The van der Waals surface area contributed by atoms with Crippen molar-refractivity contribution in [1.82, 2.24) is 0 Å². The lowest BCUT2D eigenvalue weighted by molar-refractivity contribution is 0.218. The molecule has 1 saturated carbocycles. The van der Waals surface area contributed by atoms with E-state index < -0.39 is 0 Å². The second-order valence-corrected chi connectivity index (χ2v) is 5.98. The van der Waals surface area contributed by atoms with Crippen LogP contribution in [0.1, 0.15) is 12.8 Å². The largest absolute Gasteiger partial charge is 0.379 e. The van der Waals surface area contributed by atoms with Gasteiger partial charge in [0.05, 0.1) is 15.7 Å². The van der Waals surface area contributed by atoms with E-state index in [1.165, 1.54) is 12.8 Å². The standard InChI is InChI=1S/C13H12Cl3N/c14-8-5-10(15)13(11(16)6-8)17-12-4-7-2-1-3-9(7)12/h1,3,5-7,9,12,17H,2,4H2. The van der Waals surface area contributed by atoms with Gasteiger partial charge in [-0.2, -0.15) is 0 Å². The number of halogens is 3. The van der Waals surface area contributed by atoms with Crippen molar-refractivity contribution in [3.63, 3.8) is 0 Å². The van der Waals surface area contributed by atoms with Crippen molar-refractivity contribution in [2.24, 2.45) is 11.8 Å². The van der Waals surface area contributed by atoms with Crippen molar-refractivity contribution in [3.8, 4) is 0 Å². The minimum atomic E-state index is 0.454. The highest BCUT2D eigenvalue weighted by molar-refractivity contribution is 6.41. The molecule has 1 nitrogen and oxygen atoms in total. The van der Waals surface area contributed by atoms with Crippen LogP contribution in [-0.4, -0.2) is 6.04 Å². The predicted molar refractivity (Wildman–Crippen MR) is 74.2 cm³/mol. The first-order valence-corrected chi connectivity index (χ1v) is 6.86. The molecule has 0 saturated heterocycles. The number of hydrogen-bond donors (Lipinski definition) is 1. The normalized spacial score (nSPS) is 29.9. The maximum Gasteiger partial charge on any atom is 0.0722 e. The van der Waals surface area contributed by atoms with Crippen LogP contribution in [0.2, 0.25) is 15.1 Å². The number of benzene rings is 1. The molecule has 4 heteroatoms. The molecule has 1 fully saturated rings. The lowest BCUT2D eigenvalue weighted by Crippen LogP contribution is -2.43. The molecule has 0 radical (unpaired) electrons. The molecule has 3 unspecified atom stereocenters.